The smallest absolute Gasteiger partial charge is 0.337 e. The van der Waals surface area contributed by atoms with Crippen molar-refractivity contribution in [2.24, 2.45) is 7.05 Å². The number of hydrogen-bond acceptors (Lipinski definition) is 5. The van der Waals surface area contributed by atoms with Crippen molar-refractivity contribution in [2.45, 2.75) is 59.8 Å². The Morgan fingerprint density at radius 2 is 1.67 bits per heavy atom. The van der Waals surface area contributed by atoms with Gasteiger partial charge in [0.25, 0.3) is 0 Å². The van der Waals surface area contributed by atoms with Crippen LogP contribution in [-0.4, -0.2) is 48.5 Å². The van der Waals surface area contributed by atoms with Gasteiger partial charge in [0, 0.05) is 66.4 Å². The van der Waals surface area contributed by atoms with Gasteiger partial charge in [0.05, 0.1) is 34.2 Å². The predicted molar refractivity (Wildman–Crippen MR) is 189 cm³/mol. The van der Waals surface area contributed by atoms with Gasteiger partial charge in [-0.15, -0.1) is 0 Å². The van der Waals surface area contributed by atoms with Crippen molar-refractivity contribution in [3.8, 4) is 33.6 Å². The molecule has 6 aromatic rings. The molecule has 0 saturated carbocycles. The minimum Gasteiger partial charge on any atom is -0.479 e. The minimum atomic E-state index is -1.26. The average Bonchev–Trinajstić information content (AvgIpc) is 3.62. The highest BCUT2D eigenvalue weighted by atomic mass is 16.5. The number of pyridine rings is 1. The standard InChI is InChI=1S/C39H39N5O4/c1-22-8-10-25(11-9-22)34-29-20-32(27-14-15-40-30(19-27)26-12-13-31-28(18-26)21-41-42(31)7)44-17-16-43(24(3)45)35(36(29)44)23(2)33(34)37(38(46)47)48-39(4,5)6/h8-15,18-21,37H,16-17H2,1-7H3,(H,46,47). The van der Waals surface area contributed by atoms with Crippen LogP contribution in [0.5, 0.6) is 0 Å². The summed E-state index contributed by atoms with van der Waals surface area (Å²) >= 11 is 0. The molecule has 1 amide bonds. The number of aryl methyl sites for hydroxylation is 2. The number of aromatic nitrogens is 4. The molecule has 1 unspecified atom stereocenters. The molecule has 0 radical (unpaired) electrons. The third kappa shape index (κ3) is 5.24. The number of rotatable bonds is 6. The van der Waals surface area contributed by atoms with Crippen molar-refractivity contribution in [1.82, 2.24) is 19.3 Å². The van der Waals surface area contributed by atoms with E-state index in [2.05, 4.69) is 40.0 Å². The van der Waals surface area contributed by atoms with Gasteiger partial charge in [0.1, 0.15) is 0 Å². The molecular weight excluding hydrogens is 602 g/mol. The molecule has 4 heterocycles. The lowest BCUT2D eigenvalue weighted by Gasteiger charge is -2.34. The molecule has 48 heavy (non-hydrogen) atoms. The Morgan fingerprint density at radius 1 is 0.938 bits per heavy atom. The molecule has 1 N–H and O–H groups in total. The molecule has 0 aliphatic carbocycles. The zero-order valence-electron chi connectivity index (χ0n) is 28.3. The number of ether oxygens (including phenoxy) is 1. The fraction of sp³-hybridized carbons (Fsp3) is 0.282. The summed E-state index contributed by atoms with van der Waals surface area (Å²) in [5.41, 5.74) is 9.74. The zero-order chi connectivity index (χ0) is 34.1. The molecule has 1 aliphatic heterocycles. The van der Waals surface area contributed by atoms with E-state index in [-0.39, 0.29) is 5.91 Å². The first-order valence-electron chi connectivity index (χ1n) is 16.2. The van der Waals surface area contributed by atoms with Crippen molar-refractivity contribution >= 4 is 39.4 Å². The molecule has 244 valence electrons. The summed E-state index contributed by atoms with van der Waals surface area (Å²) in [6.07, 6.45) is 2.42. The quantitative estimate of drug-likeness (QED) is 0.199. The monoisotopic (exact) mass is 641 g/mol. The number of carboxylic acid groups (broad SMARTS) is 1. The number of carboxylic acids is 1. The topological polar surface area (TPSA) is 102 Å². The van der Waals surface area contributed by atoms with E-state index in [1.165, 1.54) is 0 Å². The Balaban J connectivity index is 1.53. The molecule has 0 fully saturated rings. The molecule has 3 aromatic heterocycles. The van der Waals surface area contributed by atoms with Gasteiger partial charge in [-0.05, 0) is 81.6 Å². The number of aliphatic carboxylic acids is 1. The van der Waals surface area contributed by atoms with Gasteiger partial charge in [-0.2, -0.15) is 5.10 Å². The summed E-state index contributed by atoms with van der Waals surface area (Å²) in [4.78, 5) is 32.7. The molecule has 7 rings (SSSR count). The van der Waals surface area contributed by atoms with Crippen molar-refractivity contribution in [2.75, 3.05) is 11.4 Å². The van der Waals surface area contributed by atoms with E-state index in [9.17, 15) is 14.7 Å². The van der Waals surface area contributed by atoms with Crippen molar-refractivity contribution in [3.05, 3.63) is 89.7 Å². The fourth-order valence-electron chi connectivity index (χ4n) is 7.08. The SMILES string of the molecule is CC(=O)N1CCn2c(-c3ccnc(-c4ccc5c(cnn5C)c4)c3)cc3c(-c4ccc(C)cc4)c(C(OC(C)(C)C)C(=O)O)c(C)c1c32. The van der Waals surface area contributed by atoms with Crippen LogP contribution in [0.4, 0.5) is 5.69 Å². The summed E-state index contributed by atoms with van der Waals surface area (Å²) < 4.78 is 10.4. The summed E-state index contributed by atoms with van der Waals surface area (Å²) in [5, 5.41) is 17.0. The summed E-state index contributed by atoms with van der Waals surface area (Å²) in [6.45, 7) is 12.1. The summed E-state index contributed by atoms with van der Waals surface area (Å²) in [5.74, 6) is -1.18. The summed E-state index contributed by atoms with van der Waals surface area (Å²) in [6, 6.07) is 20.6. The molecule has 3 aromatic carbocycles. The van der Waals surface area contributed by atoms with Crippen LogP contribution in [0.3, 0.4) is 0 Å². The van der Waals surface area contributed by atoms with Crippen LogP contribution in [0.2, 0.25) is 0 Å². The molecule has 0 bridgehead atoms. The zero-order valence-corrected chi connectivity index (χ0v) is 28.3. The Morgan fingerprint density at radius 3 is 2.35 bits per heavy atom. The first kappa shape index (κ1) is 31.3. The number of hydrogen-bond donors (Lipinski definition) is 1. The van der Waals surface area contributed by atoms with E-state index in [1.807, 2.05) is 89.1 Å². The normalized spacial score (nSPS) is 13.8. The van der Waals surface area contributed by atoms with Gasteiger partial charge >= 0.3 is 5.97 Å². The molecule has 0 saturated heterocycles. The Hall–Kier alpha value is -5.28. The maximum atomic E-state index is 13.2. The predicted octanol–water partition coefficient (Wildman–Crippen LogP) is 7.85. The highest BCUT2D eigenvalue weighted by molar-refractivity contribution is 6.13. The molecule has 1 aliphatic rings. The van der Waals surface area contributed by atoms with Crippen LogP contribution < -0.4 is 4.90 Å². The highest BCUT2D eigenvalue weighted by Crippen LogP contribution is 2.49. The van der Waals surface area contributed by atoms with Gasteiger partial charge in [0.15, 0.2) is 6.10 Å². The van der Waals surface area contributed by atoms with Gasteiger partial charge < -0.3 is 19.3 Å². The molecule has 9 heteroatoms. The summed E-state index contributed by atoms with van der Waals surface area (Å²) in [7, 11) is 1.93. The van der Waals surface area contributed by atoms with Crippen LogP contribution in [0.25, 0.3) is 55.4 Å². The number of carbonyl (C=O) groups is 2. The highest BCUT2D eigenvalue weighted by Gasteiger charge is 2.37. The van der Waals surface area contributed by atoms with Gasteiger partial charge in [-0.1, -0.05) is 35.9 Å². The third-order valence-electron chi connectivity index (χ3n) is 9.21. The lowest BCUT2D eigenvalue weighted by molar-refractivity contribution is -0.160. The van der Waals surface area contributed by atoms with E-state index < -0.39 is 17.7 Å². The number of amides is 1. The molecular formula is C39H39N5O4. The Labute approximate surface area is 279 Å². The van der Waals surface area contributed by atoms with E-state index in [4.69, 9.17) is 9.72 Å². The second kappa shape index (κ2) is 11.5. The van der Waals surface area contributed by atoms with Crippen LogP contribution in [-0.2, 0) is 27.9 Å². The largest absolute Gasteiger partial charge is 0.479 e. The van der Waals surface area contributed by atoms with E-state index in [0.717, 1.165) is 72.3 Å². The Bertz CT molecular complexity index is 2260. The Kier molecular flexibility index (Phi) is 7.47. The maximum absolute atomic E-state index is 13.2. The number of anilines is 1. The van der Waals surface area contributed by atoms with Crippen molar-refractivity contribution in [3.63, 3.8) is 0 Å². The fourth-order valence-corrected chi connectivity index (χ4v) is 7.08. The van der Waals surface area contributed by atoms with E-state index >= 15 is 0 Å². The van der Waals surface area contributed by atoms with Gasteiger partial charge in [0.2, 0.25) is 5.91 Å². The first-order chi connectivity index (χ1) is 22.8. The average molecular weight is 642 g/mol. The van der Waals surface area contributed by atoms with Crippen LogP contribution in [0.1, 0.15) is 50.5 Å². The number of fused-ring (bicyclic) bond motifs is 1. The lowest BCUT2D eigenvalue weighted by atomic mass is 9.86. The van der Waals surface area contributed by atoms with E-state index in [1.54, 1.807) is 11.8 Å². The van der Waals surface area contributed by atoms with Crippen LogP contribution in [0, 0.1) is 13.8 Å². The van der Waals surface area contributed by atoms with Gasteiger partial charge in [-0.3, -0.25) is 14.5 Å². The first-order valence-corrected chi connectivity index (χ1v) is 16.2. The number of carbonyl (C=O) groups excluding carboxylic acids is 1. The van der Waals surface area contributed by atoms with Crippen molar-refractivity contribution in [1.29, 1.82) is 0 Å². The van der Waals surface area contributed by atoms with Crippen LogP contribution >= 0.6 is 0 Å². The number of nitrogens with zero attached hydrogens (tertiary/aromatic N) is 5. The second-order valence-corrected chi connectivity index (χ2v) is 13.7. The maximum Gasteiger partial charge on any atom is 0.337 e. The van der Waals surface area contributed by atoms with Gasteiger partial charge in [-0.25, -0.2) is 4.79 Å². The molecule has 0 spiro atoms. The third-order valence-corrected chi connectivity index (χ3v) is 9.21. The van der Waals surface area contributed by atoms with Crippen LogP contribution in [0.15, 0.2) is 73.1 Å². The number of benzene rings is 3. The van der Waals surface area contributed by atoms with E-state index in [0.29, 0.717) is 18.7 Å². The lowest BCUT2D eigenvalue weighted by Crippen LogP contribution is -2.37. The van der Waals surface area contributed by atoms with Crippen molar-refractivity contribution < 1.29 is 19.4 Å². The molecule has 1 atom stereocenters. The second-order valence-electron chi connectivity index (χ2n) is 13.7. The minimum absolute atomic E-state index is 0.0944. The molecule has 9 nitrogen and oxygen atoms in total.